The molecular weight excluding hydrogens is 329 g/mol. The number of aryl methyl sites for hydroxylation is 1. The lowest BCUT2D eigenvalue weighted by molar-refractivity contribution is -0.120. The normalized spacial score (nSPS) is 14.8. The zero-order valence-corrected chi connectivity index (χ0v) is 13.9. The first kappa shape index (κ1) is 17.3. The number of benzene rings is 2. The summed E-state index contributed by atoms with van der Waals surface area (Å²) in [6.07, 6.45) is 1.32. The highest BCUT2D eigenvalue weighted by Gasteiger charge is 2.24. The van der Waals surface area contributed by atoms with Gasteiger partial charge in [0.05, 0.1) is 18.3 Å². The Bertz CT molecular complexity index is 777. The molecule has 0 radical (unpaired) electrons. The van der Waals surface area contributed by atoms with Crippen LogP contribution in [-0.4, -0.2) is 19.0 Å². The fraction of sp³-hybridized carbons (Fsp3) is 0.316. The molecule has 0 unspecified atom stereocenters. The van der Waals surface area contributed by atoms with Crippen LogP contribution < -0.4 is 10.2 Å². The molecule has 0 bridgehead atoms. The number of fused-ring (bicyclic) bond motifs is 1. The van der Waals surface area contributed by atoms with Crippen molar-refractivity contribution in [3.05, 3.63) is 65.0 Å². The number of hydrogen-bond donors (Lipinski definition) is 1. The summed E-state index contributed by atoms with van der Waals surface area (Å²) < 4.78 is 40.5. The quantitative estimate of drug-likeness (QED) is 0.913. The van der Waals surface area contributed by atoms with Crippen LogP contribution in [0.5, 0.6) is 0 Å². The molecule has 0 spiro atoms. The van der Waals surface area contributed by atoms with Crippen LogP contribution in [0.4, 0.5) is 18.9 Å². The minimum atomic E-state index is -0.644. The van der Waals surface area contributed by atoms with Crippen LogP contribution in [0.2, 0.25) is 0 Å². The van der Waals surface area contributed by atoms with Gasteiger partial charge in [-0.25, -0.2) is 13.2 Å². The highest BCUT2D eigenvalue weighted by molar-refractivity contribution is 5.82. The second-order valence-corrected chi connectivity index (χ2v) is 6.26. The van der Waals surface area contributed by atoms with E-state index in [-0.39, 0.29) is 24.3 Å². The van der Waals surface area contributed by atoms with Crippen molar-refractivity contribution in [2.75, 3.05) is 18.0 Å². The second-order valence-electron chi connectivity index (χ2n) is 6.26. The van der Waals surface area contributed by atoms with Gasteiger partial charge in [0.15, 0.2) is 0 Å². The van der Waals surface area contributed by atoms with Gasteiger partial charge >= 0.3 is 0 Å². The van der Waals surface area contributed by atoms with Crippen LogP contribution in [0, 0.1) is 17.5 Å². The van der Waals surface area contributed by atoms with Crippen molar-refractivity contribution >= 4 is 11.6 Å². The molecule has 0 saturated carbocycles. The van der Waals surface area contributed by atoms with Gasteiger partial charge in [0, 0.05) is 12.6 Å². The van der Waals surface area contributed by atoms with Gasteiger partial charge < -0.3 is 10.2 Å². The summed E-state index contributed by atoms with van der Waals surface area (Å²) in [7, 11) is 0. The summed E-state index contributed by atoms with van der Waals surface area (Å²) >= 11 is 0. The molecule has 0 fully saturated rings. The number of halogens is 3. The van der Waals surface area contributed by atoms with Crippen molar-refractivity contribution < 1.29 is 18.0 Å². The number of rotatable bonds is 4. The topological polar surface area (TPSA) is 32.3 Å². The molecule has 1 amide bonds. The third kappa shape index (κ3) is 3.95. The predicted octanol–water partition coefficient (Wildman–Crippen LogP) is 3.73. The molecule has 132 valence electrons. The van der Waals surface area contributed by atoms with E-state index in [9.17, 15) is 18.0 Å². The molecule has 1 N–H and O–H groups in total. The van der Waals surface area contributed by atoms with E-state index >= 15 is 0 Å². The van der Waals surface area contributed by atoms with E-state index in [0.29, 0.717) is 24.2 Å². The molecule has 6 heteroatoms. The molecule has 1 aliphatic heterocycles. The van der Waals surface area contributed by atoms with E-state index in [1.165, 1.54) is 18.2 Å². The van der Waals surface area contributed by atoms with Gasteiger partial charge in [-0.15, -0.1) is 0 Å². The van der Waals surface area contributed by atoms with Crippen molar-refractivity contribution in [3.8, 4) is 0 Å². The molecule has 3 rings (SSSR count). The van der Waals surface area contributed by atoms with Gasteiger partial charge in [-0.2, -0.15) is 0 Å². The monoisotopic (exact) mass is 348 g/mol. The SMILES string of the molecule is C[C@H](NC(=O)CN1CCCc2cc(F)cc(F)c21)c1ccc(F)cc1. The zero-order valence-electron chi connectivity index (χ0n) is 13.9. The van der Waals surface area contributed by atoms with E-state index in [1.807, 2.05) is 0 Å². The molecule has 0 aliphatic carbocycles. The van der Waals surface area contributed by atoms with Crippen molar-refractivity contribution in [1.82, 2.24) is 5.32 Å². The Morgan fingerprint density at radius 2 is 1.88 bits per heavy atom. The van der Waals surface area contributed by atoms with Gasteiger partial charge in [0.1, 0.15) is 17.5 Å². The molecule has 0 saturated heterocycles. The second kappa shape index (κ2) is 7.17. The number of carbonyl (C=O) groups is 1. The maximum absolute atomic E-state index is 14.1. The van der Waals surface area contributed by atoms with Gasteiger partial charge in [0.2, 0.25) is 5.91 Å². The summed E-state index contributed by atoms with van der Waals surface area (Å²) in [6.45, 7) is 2.32. The molecule has 2 aromatic carbocycles. The Morgan fingerprint density at radius 1 is 1.16 bits per heavy atom. The Morgan fingerprint density at radius 3 is 2.60 bits per heavy atom. The third-order valence-corrected chi connectivity index (χ3v) is 4.38. The van der Waals surface area contributed by atoms with Crippen LogP contribution >= 0.6 is 0 Å². The molecule has 2 aromatic rings. The number of anilines is 1. The number of hydrogen-bond acceptors (Lipinski definition) is 2. The van der Waals surface area contributed by atoms with Crippen molar-refractivity contribution in [2.24, 2.45) is 0 Å². The fourth-order valence-corrected chi connectivity index (χ4v) is 3.19. The van der Waals surface area contributed by atoms with Crippen LogP contribution in [0.1, 0.15) is 30.5 Å². The Labute approximate surface area is 144 Å². The highest BCUT2D eigenvalue weighted by Crippen LogP contribution is 2.30. The lowest BCUT2D eigenvalue weighted by Crippen LogP contribution is -2.41. The van der Waals surface area contributed by atoms with E-state index in [2.05, 4.69) is 5.32 Å². The molecule has 3 nitrogen and oxygen atoms in total. The van der Waals surface area contributed by atoms with Crippen LogP contribution in [-0.2, 0) is 11.2 Å². The molecule has 1 atom stereocenters. The summed E-state index contributed by atoms with van der Waals surface area (Å²) in [6, 6.07) is 7.76. The summed E-state index contributed by atoms with van der Waals surface area (Å²) in [5.41, 5.74) is 1.67. The Balaban J connectivity index is 1.69. The average molecular weight is 348 g/mol. The third-order valence-electron chi connectivity index (χ3n) is 4.38. The first-order chi connectivity index (χ1) is 11.9. The molecule has 1 heterocycles. The minimum absolute atomic E-state index is 0.0128. The molecular formula is C19H19F3N2O. The van der Waals surface area contributed by atoms with Crippen LogP contribution in [0.15, 0.2) is 36.4 Å². The maximum atomic E-state index is 14.1. The van der Waals surface area contributed by atoms with E-state index in [1.54, 1.807) is 24.0 Å². The van der Waals surface area contributed by atoms with Crippen LogP contribution in [0.3, 0.4) is 0 Å². The number of carbonyl (C=O) groups excluding carboxylic acids is 1. The van der Waals surface area contributed by atoms with Crippen molar-refractivity contribution in [3.63, 3.8) is 0 Å². The van der Waals surface area contributed by atoms with Crippen molar-refractivity contribution in [2.45, 2.75) is 25.8 Å². The first-order valence-corrected chi connectivity index (χ1v) is 8.22. The number of nitrogens with zero attached hydrogens (tertiary/aromatic N) is 1. The maximum Gasteiger partial charge on any atom is 0.239 e. The molecule has 25 heavy (non-hydrogen) atoms. The van der Waals surface area contributed by atoms with E-state index in [0.717, 1.165) is 18.1 Å². The average Bonchev–Trinajstić information content (AvgIpc) is 2.54. The Kier molecular flexibility index (Phi) is 4.97. The van der Waals surface area contributed by atoms with Crippen LogP contribution in [0.25, 0.3) is 0 Å². The summed E-state index contributed by atoms with van der Waals surface area (Å²) in [5, 5.41) is 2.83. The fourth-order valence-electron chi connectivity index (χ4n) is 3.19. The van der Waals surface area contributed by atoms with Crippen molar-refractivity contribution in [1.29, 1.82) is 0 Å². The first-order valence-electron chi connectivity index (χ1n) is 8.22. The van der Waals surface area contributed by atoms with E-state index < -0.39 is 11.6 Å². The highest BCUT2D eigenvalue weighted by atomic mass is 19.1. The lowest BCUT2D eigenvalue weighted by atomic mass is 10.0. The molecule has 1 aliphatic rings. The summed E-state index contributed by atoms with van der Waals surface area (Å²) in [4.78, 5) is 14.0. The predicted molar refractivity (Wildman–Crippen MR) is 89.8 cm³/mol. The smallest absolute Gasteiger partial charge is 0.239 e. The number of nitrogens with one attached hydrogen (secondary N) is 1. The number of amides is 1. The lowest BCUT2D eigenvalue weighted by Gasteiger charge is -2.31. The standard InChI is InChI=1S/C19H19F3N2O/c1-12(13-4-6-15(20)7-5-13)23-18(25)11-24-8-2-3-14-9-16(21)10-17(22)19(14)24/h4-7,9-10,12H,2-3,8,11H2,1H3,(H,23,25)/t12-/m0/s1. The zero-order chi connectivity index (χ0) is 18.0. The summed E-state index contributed by atoms with van der Waals surface area (Å²) in [5.74, 6) is -1.86. The van der Waals surface area contributed by atoms with Gasteiger partial charge in [-0.3, -0.25) is 4.79 Å². The minimum Gasteiger partial charge on any atom is -0.360 e. The van der Waals surface area contributed by atoms with Gasteiger partial charge in [0.25, 0.3) is 0 Å². The van der Waals surface area contributed by atoms with Gasteiger partial charge in [-0.1, -0.05) is 12.1 Å². The van der Waals surface area contributed by atoms with E-state index in [4.69, 9.17) is 0 Å². The Hall–Kier alpha value is -2.50. The van der Waals surface area contributed by atoms with Gasteiger partial charge in [-0.05, 0) is 49.1 Å². The largest absolute Gasteiger partial charge is 0.360 e. The molecule has 0 aromatic heterocycles.